The standard InChI is InChI=1S/C16H25FN2S/c1-4-18-13(3)14-11-15(17)12(2)10-16(14)19-6-5-8-20-9-7-19/h10-11,13,18H,4-9H2,1-3H3. The smallest absolute Gasteiger partial charge is 0.126 e. The van der Waals surface area contributed by atoms with Gasteiger partial charge in [0.05, 0.1) is 0 Å². The molecule has 4 heteroatoms. The van der Waals surface area contributed by atoms with Gasteiger partial charge in [0, 0.05) is 30.6 Å². The number of halogens is 1. The fraction of sp³-hybridized carbons (Fsp3) is 0.625. The van der Waals surface area contributed by atoms with Crippen molar-refractivity contribution in [3.05, 3.63) is 29.1 Å². The molecule has 1 aliphatic rings. The Bertz CT molecular complexity index is 442. The molecular weight excluding hydrogens is 271 g/mol. The first-order chi connectivity index (χ1) is 9.63. The molecule has 1 unspecified atom stereocenters. The predicted octanol–water partition coefficient (Wildman–Crippen LogP) is 3.75. The Morgan fingerprint density at radius 2 is 2.15 bits per heavy atom. The summed E-state index contributed by atoms with van der Waals surface area (Å²) < 4.78 is 14.0. The lowest BCUT2D eigenvalue weighted by Gasteiger charge is -2.28. The van der Waals surface area contributed by atoms with Crippen LogP contribution in [0, 0.1) is 12.7 Å². The zero-order valence-electron chi connectivity index (χ0n) is 12.7. The third-order valence-electron chi connectivity index (χ3n) is 3.85. The summed E-state index contributed by atoms with van der Waals surface area (Å²) in [6.45, 7) is 9.08. The molecule has 1 fully saturated rings. The summed E-state index contributed by atoms with van der Waals surface area (Å²) in [5.41, 5.74) is 3.03. The molecule has 2 rings (SSSR count). The fourth-order valence-electron chi connectivity index (χ4n) is 2.71. The Hall–Kier alpha value is -0.740. The summed E-state index contributed by atoms with van der Waals surface area (Å²) in [5.74, 6) is 2.29. The molecule has 0 bridgehead atoms. The van der Waals surface area contributed by atoms with Crippen molar-refractivity contribution in [3.8, 4) is 0 Å². The maximum Gasteiger partial charge on any atom is 0.126 e. The van der Waals surface area contributed by atoms with Gasteiger partial charge in [0.15, 0.2) is 0 Å². The SMILES string of the molecule is CCNC(C)c1cc(F)c(C)cc1N1CCCSCC1. The summed E-state index contributed by atoms with van der Waals surface area (Å²) in [7, 11) is 0. The van der Waals surface area contributed by atoms with Gasteiger partial charge in [0.2, 0.25) is 0 Å². The number of thioether (sulfide) groups is 1. The van der Waals surface area contributed by atoms with Gasteiger partial charge in [-0.3, -0.25) is 0 Å². The van der Waals surface area contributed by atoms with E-state index in [2.05, 4.69) is 24.1 Å². The largest absolute Gasteiger partial charge is 0.370 e. The van der Waals surface area contributed by atoms with E-state index < -0.39 is 0 Å². The van der Waals surface area contributed by atoms with Crippen molar-refractivity contribution in [1.82, 2.24) is 5.32 Å². The van der Waals surface area contributed by atoms with Gasteiger partial charge >= 0.3 is 0 Å². The van der Waals surface area contributed by atoms with E-state index in [-0.39, 0.29) is 11.9 Å². The van der Waals surface area contributed by atoms with E-state index in [4.69, 9.17) is 0 Å². The van der Waals surface area contributed by atoms with Crippen LogP contribution in [0.3, 0.4) is 0 Å². The molecule has 1 heterocycles. The first-order valence-electron chi connectivity index (χ1n) is 7.49. The Morgan fingerprint density at radius 1 is 1.35 bits per heavy atom. The van der Waals surface area contributed by atoms with Gasteiger partial charge in [-0.15, -0.1) is 0 Å². The third kappa shape index (κ3) is 3.67. The number of nitrogens with zero attached hydrogens (tertiary/aromatic N) is 1. The minimum atomic E-state index is -0.0994. The minimum Gasteiger partial charge on any atom is -0.370 e. The lowest BCUT2D eigenvalue weighted by atomic mass is 10.0. The van der Waals surface area contributed by atoms with Crippen molar-refractivity contribution < 1.29 is 4.39 Å². The van der Waals surface area contributed by atoms with Gasteiger partial charge in [-0.05, 0) is 55.8 Å². The third-order valence-corrected chi connectivity index (χ3v) is 4.90. The molecule has 0 saturated carbocycles. The van der Waals surface area contributed by atoms with Gasteiger partial charge in [-0.25, -0.2) is 4.39 Å². The number of hydrogen-bond donors (Lipinski definition) is 1. The Balaban J connectivity index is 2.35. The number of aryl methyl sites for hydroxylation is 1. The molecule has 0 radical (unpaired) electrons. The Labute approximate surface area is 126 Å². The molecule has 1 aromatic carbocycles. The summed E-state index contributed by atoms with van der Waals surface area (Å²) in [5, 5.41) is 3.41. The van der Waals surface area contributed by atoms with Crippen molar-refractivity contribution in [2.24, 2.45) is 0 Å². The number of hydrogen-bond acceptors (Lipinski definition) is 3. The molecule has 1 N–H and O–H groups in total. The summed E-state index contributed by atoms with van der Waals surface area (Å²) >= 11 is 2.01. The highest BCUT2D eigenvalue weighted by Gasteiger charge is 2.19. The average molecular weight is 296 g/mol. The number of anilines is 1. The number of nitrogens with one attached hydrogen (secondary N) is 1. The van der Waals surface area contributed by atoms with E-state index in [0.717, 1.165) is 36.5 Å². The molecule has 112 valence electrons. The van der Waals surface area contributed by atoms with Crippen LogP contribution in [0.1, 0.15) is 37.4 Å². The van der Waals surface area contributed by atoms with Gasteiger partial charge in [0.1, 0.15) is 5.82 Å². The van der Waals surface area contributed by atoms with Crippen LogP contribution in [0.15, 0.2) is 12.1 Å². The maximum atomic E-state index is 14.0. The van der Waals surface area contributed by atoms with Crippen LogP contribution < -0.4 is 10.2 Å². The summed E-state index contributed by atoms with van der Waals surface area (Å²) in [6.07, 6.45) is 1.20. The van der Waals surface area contributed by atoms with Gasteiger partial charge in [-0.1, -0.05) is 6.92 Å². The summed E-state index contributed by atoms with van der Waals surface area (Å²) in [6, 6.07) is 3.92. The molecule has 0 aliphatic carbocycles. The van der Waals surface area contributed by atoms with Crippen molar-refractivity contribution in [2.75, 3.05) is 36.0 Å². The molecule has 0 aromatic heterocycles. The first-order valence-corrected chi connectivity index (χ1v) is 8.65. The molecular formula is C16H25FN2S. The molecule has 1 aliphatic heterocycles. The second-order valence-electron chi connectivity index (χ2n) is 5.39. The quantitative estimate of drug-likeness (QED) is 0.911. The topological polar surface area (TPSA) is 15.3 Å². The first kappa shape index (κ1) is 15.6. The van der Waals surface area contributed by atoms with Crippen LogP contribution in [0.2, 0.25) is 0 Å². The second-order valence-corrected chi connectivity index (χ2v) is 6.62. The maximum absolute atomic E-state index is 14.0. The second kappa shape index (κ2) is 7.32. The zero-order chi connectivity index (χ0) is 14.5. The van der Waals surface area contributed by atoms with E-state index >= 15 is 0 Å². The summed E-state index contributed by atoms with van der Waals surface area (Å²) in [4.78, 5) is 2.43. The molecule has 1 saturated heterocycles. The molecule has 1 aromatic rings. The Morgan fingerprint density at radius 3 is 2.90 bits per heavy atom. The van der Waals surface area contributed by atoms with Crippen LogP contribution in [0.4, 0.5) is 10.1 Å². The van der Waals surface area contributed by atoms with Crippen molar-refractivity contribution in [3.63, 3.8) is 0 Å². The van der Waals surface area contributed by atoms with Crippen molar-refractivity contribution >= 4 is 17.4 Å². The van der Waals surface area contributed by atoms with E-state index in [1.807, 2.05) is 24.8 Å². The number of benzene rings is 1. The van der Waals surface area contributed by atoms with E-state index in [1.54, 1.807) is 6.07 Å². The fourth-order valence-corrected chi connectivity index (χ4v) is 3.59. The Kier molecular flexibility index (Phi) is 5.73. The van der Waals surface area contributed by atoms with Gasteiger partial charge in [-0.2, -0.15) is 11.8 Å². The van der Waals surface area contributed by atoms with Crippen LogP contribution in [-0.4, -0.2) is 31.1 Å². The van der Waals surface area contributed by atoms with E-state index in [9.17, 15) is 4.39 Å². The van der Waals surface area contributed by atoms with Crippen LogP contribution >= 0.6 is 11.8 Å². The molecule has 0 spiro atoms. The van der Waals surface area contributed by atoms with Gasteiger partial charge < -0.3 is 10.2 Å². The van der Waals surface area contributed by atoms with Crippen LogP contribution in [-0.2, 0) is 0 Å². The van der Waals surface area contributed by atoms with Crippen LogP contribution in [0.5, 0.6) is 0 Å². The number of rotatable bonds is 4. The van der Waals surface area contributed by atoms with E-state index in [0.29, 0.717) is 0 Å². The monoisotopic (exact) mass is 296 g/mol. The molecule has 1 atom stereocenters. The lowest BCUT2D eigenvalue weighted by molar-refractivity contribution is 0.577. The van der Waals surface area contributed by atoms with E-state index in [1.165, 1.54) is 17.9 Å². The highest BCUT2D eigenvalue weighted by atomic mass is 32.2. The normalized spacial score (nSPS) is 17.9. The molecule has 2 nitrogen and oxygen atoms in total. The zero-order valence-corrected chi connectivity index (χ0v) is 13.5. The highest BCUT2D eigenvalue weighted by molar-refractivity contribution is 7.99. The lowest BCUT2D eigenvalue weighted by Crippen LogP contribution is -2.29. The molecule has 20 heavy (non-hydrogen) atoms. The van der Waals surface area contributed by atoms with Crippen LogP contribution in [0.25, 0.3) is 0 Å². The highest BCUT2D eigenvalue weighted by Crippen LogP contribution is 2.30. The predicted molar refractivity (Wildman–Crippen MR) is 87.4 cm³/mol. The minimum absolute atomic E-state index is 0.0994. The molecule has 0 amide bonds. The van der Waals surface area contributed by atoms with Crippen molar-refractivity contribution in [1.29, 1.82) is 0 Å². The van der Waals surface area contributed by atoms with Gasteiger partial charge in [0.25, 0.3) is 0 Å². The average Bonchev–Trinajstić information content (AvgIpc) is 2.70. The van der Waals surface area contributed by atoms with Crippen molar-refractivity contribution in [2.45, 2.75) is 33.2 Å².